The lowest BCUT2D eigenvalue weighted by atomic mass is 10.2. The lowest BCUT2D eigenvalue weighted by molar-refractivity contribution is 0.0526. The third kappa shape index (κ3) is 5.83. The molecular formula is C24H28N2O5S. The first-order valence-electron chi connectivity index (χ1n) is 10.7. The number of unbranched alkanes of at least 4 members (excludes halogenated alkanes) is 1. The monoisotopic (exact) mass is 456 g/mol. The van der Waals surface area contributed by atoms with Crippen molar-refractivity contribution in [1.82, 2.24) is 4.57 Å². The minimum atomic E-state index is -0.374. The maximum absolute atomic E-state index is 12.9. The van der Waals surface area contributed by atoms with Gasteiger partial charge in [-0.1, -0.05) is 30.7 Å². The van der Waals surface area contributed by atoms with Gasteiger partial charge in [0.15, 0.2) is 4.80 Å². The molecule has 3 aromatic rings. The zero-order valence-electron chi connectivity index (χ0n) is 18.6. The molecular weight excluding hydrogens is 428 g/mol. The minimum Gasteiger partial charge on any atom is -0.494 e. The number of aromatic nitrogens is 1. The summed E-state index contributed by atoms with van der Waals surface area (Å²) in [4.78, 5) is 30.0. The zero-order chi connectivity index (χ0) is 22.9. The molecule has 0 fully saturated rings. The number of thiazole rings is 1. The highest BCUT2D eigenvalue weighted by Gasteiger charge is 2.13. The fourth-order valence-electron chi connectivity index (χ4n) is 3.10. The van der Waals surface area contributed by atoms with Crippen molar-refractivity contribution in [3.63, 3.8) is 0 Å². The molecule has 0 aliphatic rings. The number of benzene rings is 2. The predicted octanol–water partition coefficient (Wildman–Crippen LogP) is 4.45. The Hall–Kier alpha value is -2.97. The Kier molecular flexibility index (Phi) is 8.58. The third-order valence-electron chi connectivity index (χ3n) is 4.76. The van der Waals surface area contributed by atoms with E-state index in [0.717, 1.165) is 23.1 Å². The van der Waals surface area contributed by atoms with Crippen LogP contribution in [0.4, 0.5) is 0 Å². The molecule has 0 bridgehead atoms. The molecule has 3 rings (SSSR count). The largest absolute Gasteiger partial charge is 0.494 e. The van der Waals surface area contributed by atoms with Gasteiger partial charge < -0.3 is 18.8 Å². The smallest absolute Gasteiger partial charge is 0.338 e. The summed E-state index contributed by atoms with van der Waals surface area (Å²) in [6.45, 7) is 5.79. The van der Waals surface area contributed by atoms with E-state index in [2.05, 4.69) is 11.9 Å². The number of hydrogen-bond donors (Lipinski definition) is 0. The first-order chi connectivity index (χ1) is 15.6. The van der Waals surface area contributed by atoms with Crippen LogP contribution in [0, 0.1) is 0 Å². The number of methoxy groups -OCH3 is 1. The van der Waals surface area contributed by atoms with Crippen molar-refractivity contribution in [1.29, 1.82) is 0 Å². The van der Waals surface area contributed by atoms with Crippen molar-refractivity contribution in [2.75, 3.05) is 26.9 Å². The Labute approximate surface area is 191 Å². The first-order valence-corrected chi connectivity index (χ1v) is 11.5. The summed E-state index contributed by atoms with van der Waals surface area (Å²) in [6, 6.07) is 12.4. The first kappa shape index (κ1) is 23.7. The second-order valence-electron chi connectivity index (χ2n) is 7.08. The summed E-state index contributed by atoms with van der Waals surface area (Å²) >= 11 is 1.35. The van der Waals surface area contributed by atoms with E-state index in [1.54, 1.807) is 44.4 Å². The number of amides is 1. The summed E-state index contributed by atoms with van der Waals surface area (Å²) in [5.74, 6) is -0.0721. The highest BCUT2D eigenvalue weighted by Crippen LogP contribution is 2.21. The summed E-state index contributed by atoms with van der Waals surface area (Å²) in [7, 11) is 1.62. The number of carbonyl (C=O) groups excluding carboxylic acids is 2. The van der Waals surface area contributed by atoms with Crippen LogP contribution in [-0.2, 0) is 16.0 Å². The standard InChI is InChI=1S/C24H28N2O5S/c1-4-6-13-31-19-9-7-8-17(15-19)22(27)25-24-26(12-14-29-3)20-11-10-18(16-21(20)32-24)23(28)30-5-2/h7-11,15-16H,4-6,12-14H2,1-3H3. The molecule has 0 spiro atoms. The van der Waals surface area contributed by atoms with E-state index in [9.17, 15) is 9.59 Å². The number of hydrogen-bond acceptors (Lipinski definition) is 6. The second kappa shape index (κ2) is 11.6. The van der Waals surface area contributed by atoms with Gasteiger partial charge in [-0.05, 0) is 49.7 Å². The average molecular weight is 457 g/mol. The van der Waals surface area contributed by atoms with Gasteiger partial charge in [0.2, 0.25) is 0 Å². The summed E-state index contributed by atoms with van der Waals surface area (Å²) < 4.78 is 18.8. The van der Waals surface area contributed by atoms with E-state index in [1.807, 2.05) is 16.7 Å². The van der Waals surface area contributed by atoms with Crippen molar-refractivity contribution in [2.45, 2.75) is 33.2 Å². The van der Waals surface area contributed by atoms with Crippen LogP contribution in [0.3, 0.4) is 0 Å². The van der Waals surface area contributed by atoms with Crippen LogP contribution in [0.25, 0.3) is 10.2 Å². The zero-order valence-corrected chi connectivity index (χ0v) is 19.4. The predicted molar refractivity (Wildman–Crippen MR) is 124 cm³/mol. The lowest BCUT2D eigenvalue weighted by Gasteiger charge is -2.06. The SMILES string of the molecule is CCCCOc1cccc(C(=O)N=c2sc3cc(C(=O)OCC)ccc3n2CCOC)c1. The molecule has 0 saturated heterocycles. The van der Waals surface area contributed by atoms with E-state index in [4.69, 9.17) is 14.2 Å². The van der Waals surface area contributed by atoms with E-state index < -0.39 is 0 Å². The van der Waals surface area contributed by atoms with Gasteiger partial charge in [0, 0.05) is 19.2 Å². The molecule has 1 aromatic heterocycles. The number of fused-ring (bicyclic) bond motifs is 1. The molecule has 8 heteroatoms. The number of ether oxygens (including phenoxy) is 3. The van der Waals surface area contributed by atoms with Gasteiger partial charge in [0.05, 0.1) is 35.6 Å². The molecule has 0 atom stereocenters. The molecule has 0 saturated carbocycles. The molecule has 170 valence electrons. The Balaban J connectivity index is 1.97. The molecule has 0 radical (unpaired) electrons. The second-order valence-corrected chi connectivity index (χ2v) is 8.09. The molecule has 0 aliphatic carbocycles. The van der Waals surface area contributed by atoms with Crippen LogP contribution < -0.4 is 9.54 Å². The maximum atomic E-state index is 12.9. The topological polar surface area (TPSA) is 79.1 Å². The van der Waals surface area contributed by atoms with E-state index in [1.165, 1.54) is 11.3 Å². The van der Waals surface area contributed by atoms with Crippen molar-refractivity contribution in [2.24, 2.45) is 4.99 Å². The molecule has 1 heterocycles. The van der Waals surface area contributed by atoms with Crippen LogP contribution in [-0.4, -0.2) is 43.4 Å². The van der Waals surface area contributed by atoms with Gasteiger partial charge in [-0.2, -0.15) is 4.99 Å². The fourth-order valence-corrected chi connectivity index (χ4v) is 4.20. The Morgan fingerprint density at radius 2 is 1.91 bits per heavy atom. The minimum absolute atomic E-state index is 0.311. The third-order valence-corrected chi connectivity index (χ3v) is 5.80. The van der Waals surface area contributed by atoms with E-state index >= 15 is 0 Å². The number of nitrogens with zero attached hydrogens (tertiary/aromatic N) is 2. The van der Waals surface area contributed by atoms with Gasteiger partial charge in [-0.15, -0.1) is 0 Å². The summed E-state index contributed by atoms with van der Waals surface area (Å²) in [5.41, 5.74) is 1.81. The van der Waals surface area contributed by atoms with Crippen molar-refractivity contribution in [3.8, 4) is 5.75 Å². The highest BCUT2D eigenvalue weighted by molar-refractivity contribution is 7.16. The molecule has 2 aromatic carbocycles. The maximum Gasteiger partial charge on any atom is 0.338 e. The van der Waals surface area contributed by atoms with Crippen LogP contribution in [0.15, 0.2) is 47.5 Å². The Morgan fingerprint density at radius 3 is 2.66 bits per heavy atom. The van der Waals surface area contributed by atoms with Crippen LogP contribution in [0.2, 0.25) is 0 Å². The fraction of sp³-hybridized carbons (Fsp3) is 0.375. The molecule has 7 nitrogen and oxygen atoms in total. The number of esters is 1. The normalized spacial score (nSPS) is 11.7. The number of rotatable bonds is 10. The Morgan fingerprint density at radius 1 is 1.06 bits per heavy atom. The Bertz CT molecular complexity index is 1150. The van der Waals surface area contributed by atoms with Crippen LogP contribution in [0.5, 0.6) is 5.75 Å². The highest BCUT2D eigenvalue weighted by atomic mass is 32.1. The quantitative estimate of drug-likeness (QED) is 0.333. The summed E-state index contributed by atoms with van der Waals surface area (Å²) in [6.07, 6.45) is 2.00. The van der Waals surface area contributed by atoms with Crippen LogP contribution >= 0.6 is 11.3 Å². The lowest BCUT2D eigenvalue weighted by Crippen LogP contribution is -2.19. The average Bonchev–Trinajstić information content (AvgIpc) is 3.14. The van der Waals surface area contributed by atoms with Crippen molar-refractivity contribution in [3.05, 3.63) is 58.4 Å². The molecule has 0 aliphatic heterocycles. The van der Waals surface area contributed by atoms with Gasteiger partial charge in [-0.3, -0.25) is 4.79 Å². The van der Waals surface area contributed by atoms with Gasteiger partial charge >= 0.3 is 5.97 Å². The van der Waals surface area contributed by atoms with Gasteiger partial charge in [0.1, 0.15) is 5.75 Å². The molecule has 0 unspecified atom stereocenters. The van der Waals surface area contributed by atoms with Crippen molar-refractivity contribution < 1.29 is 23.8 Å². The number of carbonyl (C=O) groups is 2. The van der Waals surface area contributed by atoms with Gasteiger partial charge in [0.25, 0.3) is 5.91 Å². The van der Waals surface area contributed by atoms with Crippen molar-refractivity contribution >= 4 is 33.4 Å². The molecule has 32 heavy (non-hydrogen) atoms. The molecule has 1 amide bonds. The summed E-state index contributed by atoms with van der Waals surface area (Å²) in [5, 5.41) is 0. The van der Waals surface area contributed by atoms with Crippen LogP contribution in [0.1, 0.15) is 47.4 Å². The van der Waals surface area contributed by atoms with Gasteiger partial charge in [-0.25, -0.2) is 4.79 Å². The van der Waals surface area contributed by atoms with E-state index in [0.29, 0.717) is 48.0 Å². The molecule has 0 N–H and O–H groups in total. The van der Waals surface area contributed by atoms with E-state index in [-0.39, 0.29) is 11.9 Å².